The van der Waals surface area contributed by atoms with Gasteiger partial charge in [-0.2, -0.15) is 5.26 Å². The van der Waals surface area contributed by atoms with Crippen LogP contribution in [0.3, 0.4) is 0 Å². The van der Waals surface area contributed by atoms with E-state index in [2.05, 4.69) is 28.6 Å². The molecule has 0 aliphatic carbocycles. The molecule has 0 saturated heterocycles. The molecule has 0 spiro atoms. The predicted molar refractivity (Wildman–Crippen MR) is 58.0 cm³/mol. The second kappa shape index (κ2) is 4.49. The number of hydrogen-bond donors (Lipinski definition) is 2. The van der Waals surface area contributed by atoms with Crippen LogP contribution in [0.1, 0.15) is 21.5 Å². The van der Waals surface area contributed by atoms with Crippen LogP contribution in [0.25, 0.3) is 0 Å². The lowest BCUT2D eigenvalue weighted by Gasteiger charge is -2.04. The summed E-state index contributed by atoms with van der Waals surface area (Å²) in [5.41, 5.74) is 1.08. The van der Waals surface area contributed by atoms with Crippen LogP contribution in [-0.4, -0.2) is 11.1 Å². The van der Waals surface area contributed by atoms with Gasteiger partial charge in [0.15, 0.2) is 0 Å². The molecule has 3 nitrogen and oxygen atoms in total. The molecule has 1 aromatic carbocycles. The van der Waals surface area contributed by atoms with Crippen molar-refractivity contribution in [1.29, 1.82) is 5.26 Å². The number of carboxylic acids is 1. The normalized spacial score (nSPS) is 9.50. The third kappa shape index (κ3) is 2.08. The Bertz CT molecular complexity index is 426. The lowest BCUT2D eigenvalue weighted by Crippen LogP contribution is -1.99. The van der Waals surface area contributed by atoms with Crippen molar-refractivity contribution in [2.45, 2.75) is 10.2 Å². The number of carboxylic acid groups (broad SMARTS) is 1. The van der Waals surface area contributed by atoms with Crippen LogP contribution < -0.4 is 0 Å². The molecule has 1 rings (SSSR count). The number of halogens is 1. The monoisotopic (exact) mass is 271 g/mol. The molecule has 1 N–H and O–H groups in total. The molecule has 0 heterocycles. The molecule has 0 saturated carbocycles. The summed E-state index contributed by atoms with van der Waals surface area (Å²) in [4.78, 5) is 11.2. The van der Waals surface area contributed by atoms with Crippen molar-refractivity contribution in [2.24, 2.45) is 0 Å². The van der Waals surface area contributed by atoms with Crippen molar-refractivity contribution in [2.75, 3.05) is 0 Å². The van der Waals surface area contributed by atoms with Crippen LogP contribution in [0.5, 0.6) is 0 Å². The molecule has 0 atom stereocenters. The van der Waals surface area contributed by atoms with Gasteiger partial charge in [0, 0.05) is 10.2 Å². The van der Waals surface area contributed by atoms with Gasteiger partial charge < -0.3 is 5.11 Å². The average Bonchev–Trinajstić information content (AvgIpc) is 2.17. The van der Waals surface area contributed by atoms with Gasteiger partial charge in [-0.25, -0.2) is 4.79 Å². The van der Waals surface area contributed by atoms with Gasteiger partial charge in [0.2, 0.25) is 0 Å². The highest BCUT2D eigenvalue weighted by atomic mass is 79.9. The summed E-state index contributed by atoms with van der Waals surface area (Å²) < 4.78 is 0. The Kier molecular flexibility index (Phi) is 3.55. The summed E-state index contributed by atoms with van der Waals surface area (Å²) in [6, 6.07) is 4.72. The Labute approximate surface area is 94.9 Å². The zero-order chi connectivity index (χ0) is 10.7. The average molecular weight is 272 g/mol. The first kappa shape index (κ1) is 11.1. The quantitative estimate of drug-likeness (QED) is 0.642. The fourth-order valence-corrected chi connectivity index (χ4v) is 1.92. The number of aromatic carboxylic acids is 1. The van der Waals surface area contributed by atoms with Crippen molar-refractivity contribution >= 4 is 34.5 Å². The minimum Gasteiger partial charge on any atom is -0.478 e. The molecule has 0 amide bonds. The second-order valence-corrected chi connectivity index (χ2v) is 3.59. The summed E-state index contributed by atoms with van der Waals surface area (Å²) in [6.45, 7) is 0. The zero-order valence-corrected chi connectivity index (χ0v) is 9.47. The highest BCUT2D eigenvalue weighted by Crippen LogP contribution is 2.23. The number of benzene rings is 1. The maximum absolute atomic E-state index is 10.7. The molecule has 72 valence electrons. The van der Waals surface area contributed by atoms with Crippen LogP contribution >= 0.6 is 28.6 Å². The Morgan fingerprint density at radius 2 is 2.29 bits per heavy atom. The van der Waals surface area contributed by atoms with Crippen molar-refractivity contribution in [3.63, 3.8) is 0 Å². The van der Waals surface area contributed by atoms with E-state index in [1.54, 1.807) is 0 Å². The van der Waals surface area contributed by atoms with Gasteiger partial charge in [-0.05, 0) is 17.7 Å². The first-order chi connectivity index (χ1) is 6.60. The number of hydrogen-bond acceptors (Lipinski definition) is 3. The molecule has 5 heteroatoms. The topological polar surface area (TPSA) is 61.1 Å². The standard InChI is InChI=1S/C9H6BrNO2S/c10-3-6-1-5(9(12)13)2-7(4-11)8(6)14/h1-2,14H,3H2,(H,12,13). The third-order valence-corrected chi connectivity index (χ3v) is 2.83. The van der Waals surface area contributed by atoms with E-state index in [0.29, 0.717) is 15.8 Å². The third-order valence-electron chi connectivity index (χ3n) is 1.70. The van der Waals surface area contributed by atoms with Gasteiger partial charge in [0.25, 0.3) is 0 Å². The van der Waals surface area contributed by atoms with Crippen molar-refractivity contribution < 1.29 is 9.90 Å². The molecule has 0 fully saturated rings. The molecule has 0 aromatic heterocycles. The molecular weight excluding hydrogens is 266 g/mol. The fraction of sp³-hybridized carbons (Fsp3) is 0.111. The first-order valence-electron chi connectivity index (χ1n) is 3.65. The van der Waals surface area contributed by atoms with E-state index in [-0.39, 0.29) is 11.1 Å². The lowest BCUT2D eigenvalue weighted by atomic mass is 10.1. The number of rotatable bonds is 2. The smallest absolute Gasteiger partial charge is 0.335 e. The molecule has 1 aromatic rings. The summed E-state index contributed by atoms with van der Waals surface area (Å²) in [5, 5.41) is 18.0. The highest BCUT2D eigenvalue weighted by Gasteiger charge is 2.10. The molecule has 0 radical (unpaired) electrons. The van der Waals surface area contributed by atoms with Gasteiger partial charge >= 0.3 is 5.97 Å². The molecule has 14 heavy (non-hydrogen) atoms. The van der Waals surface area contributed by atoms with Crippen molar-refractivity contribution in [1.82, 2.24) is 0 Å². The fourth-order valence-electron chi connectivity index (χ4n) is 1.01. The van der Waals surface area contributed by atoms with Crippen LogP contribution in [0.4, 0.5) is 0 Å². The Hall–Kier alpha value is -0.990. The van der Waals surface area contributed by atoms with Crippen molar-refractivity contribution in [3.8, 4) is 6.07 Å². The molecule has 0 aliphatic rings. The van der Waals surface area contributed by atoms with Crippen molar-refractivity contribution in [3.05, 3.63) is 28.8 Å². The van der Waals surface area contributed by atoms with Crippen LogP contribution in [-0.2, 0) is 5.33 Å². The number of thiol groups is 1. The maximum atomic E-state index is 10.7. The summed E-state index contributed by atoms with van der Waals surface area (Å²) >= 11 is 7.35. The summed E-state index contributed by atoms with van der Waals surface area (Å²) in [6.07, 6.45) is 0. The van der Waals surface area contributed by atoms with Gasteiger partial charge in [-0.15, -0.1) is 12.6 Å². The summed E-state index contributed by atoms with van der Waals surface area (Å²) in [7, 11) is 0. The van der Waals surface area contributed by atoms with E-state index < -0.39 is 5.97 Å². The first-order valence-corrected chi connectivity index (χ1v) is 5.22. The van der Waals surface area contributed by atoms with Crippen LogP contribution in [0.2, 0.25) is 0 Å². The zero-order valence-electron chi connectivity index (χ0n) is 6.99. The van der Waals surface area contributed by atoms with Gasteiger partial charge in [0.05, 0.1) is 11.1 Å². The van der Waals surface area contributed by atoms with Crippen LogP contribution in [0.15, 0.2) is 17.0 Å². The SMILES string of the molecule is N#Cc1cc(C(=O)O)cc(CBr)c1S. The van der Waals surface area contributed by atoms with E-state index in [1.165, 1.54) is 12.1 Å². The largest absolute Gasteiger partial charge is 0.478 e. The highest BCUT2D eigenvalue weighted by molar-refractivity contribution is 9.08. The second-order valence-electron chi connectivity index (χ2n) is 2.58. The Morgan fingerprint density at radius 1 is 1.64 bits per heavy atom. The van der Waals surface area contributed by atoms with E-state index in [0.717, 1.165) is 0 Å². The van der Waals surface area contributed by atoms with E-state index >= 15 is 0 Å². The predicted octanol–water partition coefficient (Wildman–Crippen LogP) is 2.44. The van der Waals surface area contributed by atoms with E-state index in [1.807, 2.05) is 6.07 Å². The van der Waals surface area contributed by atoms with Gasteiger partial charge in [0.1, 0.15) is 6.07 Å². The number of alkyl halides is 1. The lowest BCUT2D eigenvalue weighted by molar-refractivity contribution is 0.0696. The minimum atomic E-state index is -1.04. The number of nitrogens with zero attached hydrogens (tertiary/aromatic N) is 1. The minimum absolute atomic E-state index is 0.105. The Balaban J connectivity index is 3.41. The molecular formula is C9H6BrNO2S. The van der Waals surface area contributed by atoms with E-state index in [9.17, 15) is 4.79 Å². The van der Waals surface area contributed by atoms with E-state index in [4.69, 9.17) is 10.4 Å². The number of carbonyl (C=O) groups is 1. The summed E-state index contributed by atoms with van der Waals surface area (Å²) in [5.74, 6) is -1.04. The van der Waals surface area contributed by atoms with Gasteiger partial charge in [-0.3, -0.25) is 0 Å². The maximum Gasteiger partial charge on any atom is 0.335 e. The number of nitriles is 1. The molecule has 0 aliphatic heterocycles. The van der Waals surface area contributed by atoms with Crippen LogP contribution in [0, 0.1) is 11.3 Å². The molecule has 0 unspecified atom stereocenters. The molecule has 0 bridgehead atoms. The Morgan fingerprint density at radius 3 is 2.71 bits per heavy atom. The van der Waals surface area contributed by atoms with Gasteiger partial charge in [-0.1, -0.05) is 15.9 Å².